The summed E-state index contributed by atoms with van der Waals surface area (Å²) in [5, 5.41) is 12.0. The zero-order valence-electron chi connectivity index (χ0n) is 13.2. The third-order valence-electron chi connectivity index (χ3n) is 3.85. The Bertz CT molecular complexity index is 686. The summed E-state index contributed by atoms with van der Waals surface area (Å²) in [7, 11) is 0. The van der Waals surface area contributed by atoms with Gasteiger partial charge in [-0.25, -0.2) is 4.79 Å². The van der Waals surface area contributed by atoms with Crippen LogP contribution in [0.3, 0.4) is 0 Å². The van der Waals surface area contributed by atoms with Crippen LogP contribution in [0, 0.1) is 5.41 Å². The lowest BCUT2D eigenvalue weighted by atomic mass is 9.90. The first kappa shape index (κ1) is 19.7. The molecule has 10 heteroatoms. The number of thioether (sulfide) groups is 1. The molecule has 1 aliphatic rings. The molecule has 0 radical (unpaired) electrons. The molecule has 138 valence electrons. The maximum atomic E-state index is 12.4. The van der Waals surface area contributed by atoms with Gasteiger partial charge in [0, 0.05) is 23.0 Å². The summed E-state index contributed by atoms with van der Waals surface area (Å²) in [6.45, 7) is 1.83. The van der Waals surface area contributed by atoms with Gasteiger partial charge >= 0.3 is 18.2 Å². The Morgan fingerprint density at radius 3 is 2.68 bits per heavy atom. The predicted molar refractivity (Wildman–Crippen MR) is 89.2 cm³/mol. The topological polar surface area (TPSA) is 69.6 Å². The minimum absolute atomic E-state index is 0.0275. The van der Waals surface area contributed by atoms with E-state index in [9.17, 15) is 27.9 Å². The Morgan fingerprint density at radius 2 is 2.12 bits per heavy atom. The molecule has 2 amide bonds. The Kier molecular flexibility index (Phi) is 5.78. The summed E-state index contributed by atoms with van der Waals surface area (Å²) in [4.78, 5) is 25.1. The van der Waals surface area contributed by atoms with Crippen LogP contribution in [0.25, 0.3) is 0 Å². The van der Waals surface area contributed by atoms with Gasteiger partial charge in [-0.2, -0.15) is 13.2 Å². The van der Waals surface area contributed by atoms with Crippen molar-refractivity contribution in [2.45, 2.75) is 24.4 Å². The van der Waals surface area contributed by atoms with Crippen molar-refractivity contribution in [2.24, 2.45) is 5.41 Å². The maximum Gasteiger partial charge on any atom is 0.398 e. The summed E-state index contributed by atoms with van der Waals surface area (Å²) in [6, 6.07) is 3.64. The lowest BCUT2D eigenvalue weighted by Crippen LogP contribution is -2.37. The molecule has 25 heavy (non-hydrogen) atoms. The first-order valence-corrected chi connectivity index (χ1v) is 8.65. The number of alkyl halides is 3. The monoisotopic (exact) mass is 396 g/mol. The van der Waals surface area contributed by atoms with Crippen molar-refractivity contribution < 1.29 is 27.9 Å². The largest absolute Gasteiger partial charge is 0.481 e. The Labute approximate surface area is 151 Å². The van der Waals surface area contributed by atoms with Crippen LogP contribution in [-0.4, -0.2) is 47.0 Å². The molecule has 1 atom stereocenters. The van der Waals surface area contributed by atoms with Gasteiger partial charge in [-0.3, -0.25) is 4.79 Å². The molecule has 2 N–H and O–H groups in total. The number of nitrogens with one attached hydrogen (secondary N) is 1. The third-order valence-corrected chi connectivity index (χ3v) is 5.23. The van der Waals surface area contributed by atoms with Gasteiger partial charge in [-0.15, -0.1) is 11.8 Å². The van der Waals surface area contributed by atoms with Crippen LogP contribution in [0.5, 0.6) is 0 Å². The number of rotatable bonds is 4. The highest BCUT2D eigenvalue weighted by molar-refractivity contribution is 7.99. The van der Waals surface area contributed by atoms with Crippen LogP contribution in [0.4, 0.5) is 23.7 Å². The number of carbonyl (C=O) groups excluding carboxylic acids is 1. The number of carboxylic acids is 1. The number of urea groups is 1. The van der Waals surface area contributed by atoms with E-state index >= 15 is 0 Å². The van der Waals surface area contributed by atoms with Crippen molar-refractivity contribution in [2.75, 3.05) is 24.2 Å². The molecule has 1 fully saturated rings. The number of nitrogens with zero attached hydrogens (tertiary/aromatic N) is 1. The molecule has 0 aliphatic carbocycles. The number of amides is 2. The number of hydrogen-bond acceptors (Lipinski definition) is 3. The number of hydrogen-bond donors (Lipinski definition) is 2. The van der Waals surface area contributed by atoms with Gasteiger partial charge < -0.3 is 15.3 Å². The van der Waals surface area contributed by atoms with E-state index in [-0.39, 0.29) is 28.7 Å². The second-order valence-electron chi connectivity index (χ2n) is 6.01. The van der Waals surface area contributed by atoms with Crippen molar-refractivity contribution >= 4 is 41.1 Å². The normalized spacial score (nSPS) is 20.6. The standard InChI is InChI=1S/C15H16ClF3N2O3S/c1-14(12(22)23)4-5-21(7-14)13(24)20-10-6-9(16)2-3-11(10)25-8-15(17,18)19/h2-3,6H,4-5,7-8H2,1H3,(H,20,24)(H,22,23). The van der Waals surface area contributed by atoms with Crippen LogP contribution in [0.1, 0.15) is 13.3 Å². The lowest BCUT2D eigenvalue weighted by molar-refractivity contribution is -0.147. The average Bonchev–Trinajstić information content (AvgIpc) is 2.89. The van der Waals surface area contributed by atoms with Crippen molar-refractivity contribution in [3.8, 4) is 0 Å². The van der Waals surface area contributed by atoms with E-state index in [2.05, 4.69) is 5.32 Å². The molecule has 0 saturated carbocycles. The molecule has 0 aromatic heterocycles. The maximum absolute atomic E-state index is 12.4. The van der Waals surface area contributed by atoms with Gasteiger partial charge in [-0.1, -0.05) is 11.6 Å². The van der Waals surface area contributed by atoms with Crippen molar-refractivity contribution in [3.63, 3.8) is 0 Å². The molecule has 1 unspecified atom stereocenters. The predicted octanol–water partition coefficient (Wildman–Crippen LogP) is 4.32. The number of benzene rings is 1. The van der Waals surface area contributed by atoms with Crippen LogP contribution in [0.2, 0.25) is 5.02 Å². The van der Waals surface area contributed by atoms with Crippen molar-refractivity contribution in [3.05, 3.63) is 23.2 Å². The fraction of sp³-hybridized carbons (Fsp3) is 0.467. The summed E-state index contributed by atoms with van der Waals surface area (Å²) in [5.41, 5.74) is -0.866. The molecule has 1 saturated heterocycles. The average molecular weight is 397 g/mol. The number of anilines is 1. The Balaban J connectivity index is 2.10. The van der Waals surface area contributed by atoms with E-state index in [4.69, 9.17) is 11.6 Å². The van der Waals surface area contributed by atoms with Gasteiger partial charge in [0.2, 0.25) is 0 Å². The quantitative estimate of drug-likeness (QED) is 0.743. The summed E-state index contributed by atoms with van der Waals surface area (Å²) in [6.07, 6.45) is -4.04. The lowest BCUT2D eigenvalue weighted by Gasteiger charge is -2.21. The van der Waals surface area contributed by atoms with Crippen LogP contribution >= 0.6 is 23.4 Å². The smallest absolute Gasteiger partial charge is 0.398 e. The zero-order valence-corrected chi connectivity index (χ0v) is 14.8. The minimum Gasteiger partial charge on any atom is -0.481 e. The molecule has 1 aliphatic heterocycles. The SMILES string of the molecule is CC1(C(=O)O)CCN(C(=O)Nc2cc(Cl)ccc2SCC(F)(F)F)C1. The van der Waals surface area contributed by atoms with Gasteiger partial charge in [0.15, 0.2) is 0 Å². The van der Waals surface area contributed by atoms with E-state index in [0.29, 0.717) is 18.2 Å². The second kappa shape index (κ2) is 7.33. The van der Waals surface area contributed by atoms with Gasteiger partial charge in [0.05, 0.1) is 16.9 Å². The molecular weight excluding hydrogens is 381 g/mol. The van der Waals surface area contributed by atoms with Crippen LogP contribution in [0.15, 0.2) is 23.1 Å². The second-order valence-corrected chi connectivity index (χ2v) is 7.47. The highest BCUT2D eigenvalue weighted by Crippen LogP contribution is 2.35. The van der Waals surface area contributed by atoms with E-state index in [0.717, 1.165) is 0 Å². The van der Waals surface area contributed by atoms with Gasteiger partial charge in [0.25, 0.3) is 0 Å². The van der Waals surface area contributed by atoms with E-state index in [1.165, 1.54) is 23.1 Å². The molecule has 0 spiro atoms. The van der Waals surface area contributed by atoms with Crippen LogP contribution in [-0.2, 0) is 4.79 Å². The minimum atomic E-state index is -4.34. The number of aliphatic carboxylic acids is 1. The highest BCUT2D eigenvalue weighted by atomic mass is 35.5. The fourth-order valence-corrected chi connectivity index (χ4v) is 3.31. The molecular formula is C15H16ClF3N2O3S. The molecule has 0 bridgehead atoms. The van der Waals surface area contributed by atoms with Crippen molar-refractivity contribution in [1.29, 1.82) is 0 Å². The fourth-order valence-electron chi connectivity index (χ4n) is 2.39. The van der Waals surface area contributed by atoms with Gasteiger partial charge in [-0.05, 0) is 31.5 Å². The molecule has 5 nitrogen and oxygen atoms in total. The number of carboxylic acid groups (broad SMARTS) is 1. The molecule has 1 heterocycles. The van der Waals surface area contributed by atoms with E-state index in [1.807, 2.05) is 0 Å². The van der Waals surface area contributed by atoms with E-state index in [1.54, 1.807) is 6.92 Å². The molecule has 1 aromatic carbocycles. The molecule has 1 aromatic rings. The third kappa shape index (κ3) is 5.18. The molecule has 2 rings (SSSR count). The first-order valence-electron chi connectivity index (χ1n) is 7.29. The Morgan fingerprint density at radius 1 is 1.44 bits per heavy atom. The number of carbonyl (C=O) groups is 2. The summed E-state index contributed by atoms with van der Waals surface area (Å²) < 4.78 is 37.3. The number of halogens is 4. The van der Waals surface area contributed by atoms with E-state index < -0.39 is 29.3 Å². The van der Waals surface area contributed by atoms with Crippen LogP contribution < -0.4 is 5.32 Å². The Hall–Kier alpha value is -1.61. The van der Waals surface area contributed by atoms with Gasteiger partial charge in [0.1, 0.15) is 0 Å². The first-order chi connectivity index (χ1) is 11.5. The summed E-state index contributed by atoms with van der Waals surface area (Å²) in [5.74, 6) is -2.09. The number of likely N-dealkylation sites (tertiary alicyclic amines) is 1. The highest BCUT2D eigenvalue weighted by Gasteiger charge is 2.42. The van der Waals surface area contributed by atoms with Crippen molar-refractivity contribution in [1.82, 2.24) is 4.90 Å². The summed E-state index contributed by atoms with van der Waals surface area (Å²) >= 11 is 6.40. The zero-order chi connectivity index (χ0) is 18.8.